The Morgan fingerprint density at radius 3 is 2.76 bits per heavy atom. The van der Waals surface area contributed by atoms with Crippen LogP contribution in [0.5, 0.6) is 0 Å². The van der Waals surface area contributed by atoms with Crippen LogP contribution >= 0.6 is 11.3 Å². The molecule has 178 valence electrons. The highest BCUT2D eigenvalue weighted by molar-refractivity contribution is 7.94. The lowest BCUT2D eigenvalue weighted by Gasteiger charge is -2.33. The van der Waals surface area contributed by atoms with Crippen molar-refractivity contribution in [1.29, 1.82) is 5.26 Å². The Kier molecular flexibility index (Phi) is 7.03. The lowest BCUT2D eigenvalue weighted by atomic mass is 9.99. The molecule has 1 aromatic heterocycles. The van der Waals surface area contributed by atoms with Gasteiger partial charge in [-0.1, -0.05) is 23.8 Å². The quantitative estimate of drug-likeness (QED) is 0.623. The van der Waals surface area contributed by atoms with Gasteiger partial charge >= 0.3 is 0 Å². The van der Waals surface area contributed by atoms with Crippen molar-refractivity contribution in [2.75, 3.05) is 11.6 Å². The van der Waals surface area contributed by atoms with Crippen molar-refractivity contribution in [1.82, 2.24) is 4.90 Å². The van der Waals surface area contributed by atoms with Gasteiger partial charge in [0.1, 0.15) is 16.9 Å². The summed E-state index contributed by atoms with van der Waals surface area (Å²) < 4.78 is 36.9. The van der Waals surface area contributed by atoms with Gasteiger partial charge in [-0.15, -0.1) is 11.3 Å². The minimum Gasteiger partial charge on any atom is -0.316 e. The molecule has 0 radical (unpaired) electrons. The smallest absolute Gasteiger partial charge is 0.229 e. The highest BCUT2D eigenvalue weighted by atomic mass is 32.2. The number of hydrogen-bond acceptors (Lipinski definition) is 6. The van der Waals surface area contributed by atoms with E-state index in [2.05, 4.69) is 23.2 Å². The number of nitrogens with zero attached hydrogens (tertiary/aromatic N) is 2. The molecule has 1 amide bonds. The summed E-state index contributed by atoms with van der Waals surface area (Å²) in [6, 6.07) is 9.02. The predicted octanol–water partition coefficient (Wildman–Crippen LogP) is 4.68. The summed E-state index contributed by atoms with van der Waals surface area (Å²) in [7, 11) is -3.21. The van der Waals surface area contributed by atoms with E-state index in [0.717, 1.165) is 28.0 Å². The van der Waals surface area contributed by atoms with Crippen LogP contribution < -0.4 is 5.32 Å². The maximum atomic E-state index is 13.6. The zero-order valence-corrected chi connectivity index (χ0v) is 20.7. The number of carbonyl (C=O) groups is 1. The predicted molar refractivity (Wildman–Crippen MR) is 131 cm³/mol. The number of rotatable bonds is 6. The number of carbonyl (C=O) groups excluding carboxylic acids is 1. The molecule has 2 aromatic rings. The first kappa shape index (κ1) is 24.3. The number of benzene rings is 1. The zero-order chi connectivity index (χ0) is 24.5. The minimum atomic E-state index is -3.21. The summed E-state index contributed by atoms with van der Waals surface area (Å²) in [4.78, 5) is 16.4. The Bertz CT molecular complexity index is 1340. The largest absolute Gasteiger partial charge is 0.316 e. The fourth-order valence-electron chi connectivity index (χ4n) is 4.38. The number of thiophene rings is 1. The van der Waals surface area contributed by atoms with Gasteiger partial charge in [0.15, 0.2) is 9.84 Å². The average Bonchev–Trinajstić information content (AvgIpc) is 3.09. The van der Waals surface area contributed by atoms with E-state index in [9.17, 15) is 22.9 Å². The summed E-state index contributed by atoms with van der Waals surface area (Å²) in [5.74, 6) is -0.487. The molecule has 0 saturated carbocycles. The number of fused-ring (bicyclic) bond motifs is 1. The van der Waals surface area contributed by atoms with Gasteiger partial charge in [0, 0.05) is 47.2 Å². The number of nitriles is 1. The Balaban J connectivity index is 1.47. The van der Waals surface area contributed by atoms with Crippen LogP contribution in [0.2, 0.25) is 0 Å². The molecule has 0 fully saturated rings. The lowest BCUT2D eigenvalue weighted by molar-refractivity contribution is -0.115. The van der Waals surface area contributed by atoms with Gasteiger partial charge in [-0.25, -0.2) is 12.8 Å². The lowest BCUT2D eigenvalue weighted by Crippen LogP contribution is -2.37. The van der Waals surface area contributed by atoms with Gasteiger partial charge in [0.25, 0.3) is 0 Å². The van der Waals surface area contributed by atoms with E-state index in [0.29, 0.717) is 41.4 Å². The van der Waals surface area contributed by atoms with Crippen molar-refractivity contribution in [2.45, 2.75) is 51.7 Å². The Morgan fingerprint density at radius 1 is 1.32 bits per heavy atom. The van der Waals surface area contributed by atoms with Crippen LogP contribution in [0.25, 0.3) is 0 Å². The molecular formula is C25H26FN3O3S2. The van der Waals surface area contributed by atoms with E-state index < -0.39 is 9.84 Å². The van der Waals surface area contributed by atoms with Crippen molar-refractivity contribution in [3.63, 3.8) is 0 Å². The van der Waals surface area contributed by atoms with E-state index >= 15 is 0 Å². The van der Waals surface area contributed by atoms with Gasteiger partial charge in [-0.2, -0.15) is 5.26 Å². The number of sulfone groups is 1. The Hall–Kier alpha value is -2.80. The molecular weight excluding hydrogens is 473 g/mol. The van der Waals surface area contributed by atoms with E-state index in [1.54, 1.807) is 18.2 Å². The molecule has 2 heterocycles. The molecule has 1 unspecified atom stereocenters. The third-order valence-corrected chi connectivity index (χ3v) is 8.72. The standard InChI is InChI=1S/C25H26FN3O3S2/c1-16-10-23-22(15-29(16)14-18-4-3-5-19(26)11-18)21(13-27)25(33-23)28-24(30)12-17-6-8-20(9-7-17)34(2,31)32/h3-6,8,11,16H,7,9-10,12,14-15H2,1-2H3,(H,28,30). The first-order valence-electron chi connectivity index (χ1n) is 11.1. The molecule has 0 spiro atoms. The number of amides is 1. The number of hydrogen-bond donors (Lipinski definition) is 1. The van der Waals surface area contributed by atoms with Crippen LogP contribution in [0.4, 0.5) is 9.39 Å². The van der Waals surface area contributed by atoms with Gasteiger partial charge < -0.3 is 5.32 Å². The molecule has 1 aliphatic carbocycles. The highest BCUT2D eigenvalue weighted by Crippen LogP contribution is 2.39. The van der Waals surface area contributed by atoms with E-state index in [-0.39, 0.29) is 24.2 Å². The third-order valence-electron chi connectivity index (χ3n) is 6.26. The van der Waals surface area contributed by atoms with Crippen molar-refractivity contribution < 1.29 is 17.6 Å². The number of nitrogens with one attached hydrogen (secondary N) is 1. The SMILES string of the molecule is CC1Cc2sc(NC(=O)CC3=CC=C(S(C)(=O)=O)CC3)c(C#N)c2CN1Cc1cccc(F)c1. The highest BCUT2D eigenvalue weighted by Gasteiger charge is 2.29. The summed E-state index contributed by atoms with van der Waals surface area (Å²) in [6.45, 7) is 3.25. The van der Waals surface area contributed by atoms with Gasteiger partial charge in [-0.3, -0.25) is 9.69 Å². The molecule has 1 atom stereocenters. The van der Waals surface area contributed by atoms with Crippen LogP contribution in [-0.4, -0.2) is 31.5 Å². The van der Waals surface area contributed by atoms with Crippen molar-refractivity contribution >= 4 is 32.1 Å². The molecule has 0 bridgehead atoms. The fraction of sp³-hybridized carbons (Fsp3) is 0.360. The Morgan fingerprint density at radius 2 is 2.12 bits per heavy atom. The number of anilines is 1. The number of halogens is 1. The molecule has 1 N–H and O–H groups in total. The first-order valence-corrected chi connectivity index (χ1v) is 13.8. The molecule has 6 nitrogen and oxygen atoms in total. The second-order valence-electron chi connectivity index (χ2n) is 8.86. The minimum absolute atomic E-state index is 0.156. The van der Waals surface area contributed by atoms with Crippen LogP contribution in [0.15, 0.2) is 46.9 Å². The summed E-state index contributed by atoms with van der Waals surface area (Å²) >= 11 is 1.44. The fourth-order valence-corrected chi connectivity index (χ4v) is 6.47. The second kappa shape index (κ2) is 9.82. The first-order chi connectivity index (χ1) is 16.1. The molecule has 0 saturated heterocycles. The molecule has 34 heavy (non-hydrogen) atoms. The van der Waals surface area contributed by atoms with Gasteiger partial charge in [0.05, 0.1) is 5.56 Å². The third kappa shape index (κ3) is 5.46. The topological polar surface area (TPSA) is 90.3 Å². The maximum Gasteiger partial charge on any atom is 0.229 e. The summed E-state index contributed by atoms with van der Waals surface area (Å²) in [5, 5.41) is 13.3. The molecule has 4 rings (SSSR count). The summed E-state index contributed by atoms with van der Waals surface area (Å²) in [5.41, 5.74) is 3.15. The van der Waals surface area contributed by atoms with Crippen LogP contribution in [0.3, 0.4) is 0 Å². The van der Waals surface area contributed by atoms with Crippen molar-refractivity contribution in [3.8, 4) is 6.07 Å². The van der Waals surface area contributed by atoms with E-state index in [1.807, 2.05) is 6.07 Å². The van der Waals surface area contributed by atoms with Crippen molar-refractivity contribution in [3.05, 3.63) is 74.3 Å². The van der Waals surface area contributed by atoms with Crippen LogP contribution in [0.1, 0.15) is 47.8 Å². The van der Waals surface area contributed by atoms with Crippen molar-refractivity contribution in [2.24, 2.45) is 0 Å². The molecule has 2 aliphatic rings. The average molecular weight is 500 g/mol. The number of allylic oxidation sites excluding steroid dienone is 3. The maximum absolute atomic E-state index is 13.6. The van der Waals surface area contributed by atoms with Gasteiger partial charge in [-0.05, 0) is 50.0 Å². The normalized spacial score (nSPS) is 18.5. The van der Waals surface area contributed by atoms with Crippen LogP contribution in [0, 0.1) is 17.1 Å². The molecule has 1 aromatic carbocycles. The Labute approximate surface area is 203 Å². The second-order valence-corrected chi connectivity index (χ2v) is 12.0. The molecule has 1 aliphatic heterocycles. The van der Waals surface area contributed by atoms with E-state index in [4.69, 9.17) is 0 Å². The monoisotopic (exact) mass is 499 g/mol. The van der Waals surface area contributed by atoms with Gasteiger partial charge in [0.2, 0.25) is 5.91 Å². The van der Waals surface area contributed by atoms with Crippen LogP contribution in [-0.2, 0) is 34.1 Å². The zero-order valence-electron chi connectivity index (χ0n) is 19.1. The molecule has 9 heteroatoms. The van der Waals surface area contributed by atoms with E-state index in [1.165, 1.54) is 29.7 Å². The summed E-state index contributed by atoms with van der Waals surface area (Å²) in [6.07, 6.45) is 6.29.